The maximum atomic E-state index is 11.7. The molecule has 114 valence electrons. The Bertz CT molecular complexity index is 508. The molecule has 0 radical (unpaired) electrons. The van der Waals surface area contributed by atoms with Crippen LogP contribution in [0.15, 0.2) is 24.3 Å². The van der Waals surface area contributed by atoms with Crippen molar-refractivity contribution < 1.29 is 19.5 Å². The highest BCUT2D eigenvalue weighted by Crippen LogP contribution is 2.11. The summed E-state index contributed by atoms with van der Waals surface area (Å²) in [5.41, 5.74) is 1.80. The van der Waals surface area contributed by atoms with Crippen molar-refractivity contribution in [1.29, 1.82) is 0 Å². The summed E-state index contributed by atoms with van der Waals surface area (Å²) in [6.45, 7) is 1.94. The summed E-state index contributed by atoms with van der Waals surface area (Å²) in [5.74, 6) is -0.506. The third-order valence-electron chi connectivity index (χ3n) is 2.65. The van der Waals surface area contributed by atoms with E-state index in [-0.39, 0.29) is 18.1 Å². The molecule has 0 spiro atoms. The number of aryl methyl sites for hydroxylation is 1. The molecule has 7 heteroatoms. The summed E-state index contributed by atoms with van der Waals surface area (Å²) in [4.78, 5) is 32.7. The lowest BCUT2D eigenvalue weighted by Gasteiger charge is -2.10. The molecule has 1 aromatic carbocycles. The number of thioether (sulfide) groups is 1. The summed E-state index contributed by atoms with van der Waals surface area (Å²) in [5, 5.41) is 13.8. The summed E-state index contributed by atoms with van der Waals surface area (Å²) in [6.07, 6.45) is 0.643. The highest BCUT2D eigenvalue weighted by Gasteiger charge is 2.15. The van der Waals surface area contributed by atoms with Gasteiger partial charge in [-0.1, -0.05) is 12.1 Å². The van der Waals surface area contributed by atoms with Gasteiger partial charge in [0.2, 0.25) is 12.3 Å². The highest BCUT2D eigenvalue weighted by atomic mass is 32.2. The first kappa shape index (κ1) is 17.0. The molecule has 0 aromatic heterocycles. The topological polar surface area (TPSA) is 95.5 Å². The third kappa shape index (κ3) is 6.80. The number of carboxylic acids is 1. The van der Waals surface area contributed by atoms with Crippen LogP contribution in [0.1, 0.15) is 12.0 Å². The normalized spacial score (nSPS) is 11.5. The fraction of sp³-hybridized carbons (Fsp3) is 0.357. The van der Waals surface area contributed by atoms with Crippen molar-refractivity contribution in [1.82, 2.24) is 5.32 Å². The van der Waals surface area contributed by atoms with Gasteiger partial charge in [0.25, 0.3) is 0 Å². The van der Waals surface area contributed by atoms with E-state index in [1.807, 2.05) is 31.2 Å². The summed E-state index contributed by atoms with van der Waals surface area (Å²) in [6, 6.07) is 6.58. The largest absolute Gasteiger partial charge is 0.480 e. The van der Waals surface area contributed by atoms with E-state index in [0.29, 0.717) is 12.2 Å². The molecule has 1 unspecified atom stereocenters. The van der Waals surface area contributed by atoms with E-state index in [0.717, 1.165) is 11.3 Å². The predicted octanol–water partition coefficient (Wildman–Crippen LogP) is 1.26. The van der Waals surface area contributed by atoms with Crippen molar-refractivity contribution in [3.63, 3.8) is 0 Å². The standard InChI is InChI=1S/C14H18N2O4S/c1-10-3-2-4-11(7-10)16-13(18)8-21-6-5-12(14(19)20)15-9-17/h2-4,7,9,12H,5-6,8H2,1H3,(H,15,17)(H,16,18)(H,19,20). The number of anilines is 1. The molecule has 2 amide bonds. The second-order valence-corrected chi connectivity index (χ2v) is 5.54. The average Bonchev–Trinajstić information content (AvgIpc) is 2.42. The zero-order valence-corrected chi connectivity index (χ0v) is 12.5. The molecule has 0 saturated carbocycles. The molecule has 0 heterocycles. The van der Waals surface area contributed by atoms with Gasteiger partial charge in [-0.25, -0.2) is 4.79 Å². The van der Waals surface area contributed by atoms with E-state index in [1.165, 1.54) is 11.8 Å². The molecule has 0 aliphatic rings. The minimum absolute atomic E-state index is 0.138. The fourth-order valence-electron chi connectivity index (χ4n) is 1.65. The minimum Gasteiger partial charge on any atom is -0.480 e. The maximum absolute atomic E-state index is 11.7. The quantitative estimate of drug-likeness (QED) is 0.471. The lowest BCUT2D eigenvalue weighted by Crippen LogP contribution is -2.36. The molecule has 0 fully saturated rings. The van der Waals surface area contributed by atoms with Crippen molar-refractivity contribution >= 4 is 35.7 Å². The predicted molar refractivity (Wildman–Crippen MR) is 82.4 cm³/mol. The molecule has 0 bridgehead atoms. The monoisotopic (exact) mass is 310 g/mol. The van der Waals surface area contributed by atoms with E-state index in [9.17, 15) is 14.4 Å². The molecule has 0 aliphatic carbocycles. The molecular formula is C14H18N2O4S. The second kappa shape index (κ2) is 9.02. The Balaban J connectivity index is 2.27. The number of hydrogen-bond donors (Lipinski definition) is 3. The Labute approximate surface area is 127 Å². The highest BCUT2D eigenvalue weighted by molar-refractivity contribution is 7.99. The SMILES string of the molecule is Cc1cccc(NC(=O)CSCCC(NC=O)C(=O)O)c1. The van der Waals surface area contributed by atoms with E-state index >= 15 is 0 Å². The summed E-state index contributed by atoms with van der Waals surface area (Å²) in [7, 11) is 0. The molecule has 3 N–H and O–H groups in total. The fourth-order valence-corrected chi connectivity index (χ4v) is 2.45. The van der Waals surface area contributed by atoms with Crippen LogP contribution in [0.5, 0.6) is 0 Å². The van der Waals surface area contributed by atoms with Crippen LogP contribution in [0.4, 0.5) is 5.69 Å². The van der Waals surface area contributed by atoms with Crippen LogP contribution in [0, 0.1) is 6.92 Å². The first-order chi connectivity index (χ1) is 10.0. The van der Waals surface area contributed by atoms with Crippen LogP contribution in [-0.2, 0) is 14.4 Å². The smallest absolute Gasteiger partial charge is 0.326 e. The van der Waals surface area contributed by atoms with Gasteiger partial charge in [0, 0.05) is 5.69 Å². The van der Waals surface area contributed by atoms with Crippen LogP contribution in [0.25, 0.3) is 0 Å². The maximum Gasteiger partial charge on any atom is 0.326 e. The van der Waals surface area contributed by atoms with E-state index in [1.54, 1.807) is 0 Å². The van der Waals surface area contributed by atoms with E-state index in [4.69, 9.17) is 5.11 Å². The van der Waals surface area contributed by atoms with Crippen LogP contribution < -0.4 is 10.6 Å². The van der Waals surface area contributed by atoms with Gasteiger partial charge >= 0.3 is 5.97 Å². The van der Waals surface area contributed by atoms with Gasteiger partial charge in [-0.05, 0) is 36.8 Å². The van der Waals surface area contributed by atoms with Crippen LogP contribution in [0.3, 0.4) is 0 Å². The van der Waals surface area contributed by atoms with Crippen LogP contribution in [-0.4, -0.2) is 40.9 Å². The van der Waals surface area contributed by atoms with Gasteiger partial charge in [-0.2, -0.15) is 11.8 Å². The van der Waals surface area contributed by atoms with Crippen LogP contribution >= 0.6 is 11.8 Å². The Morgan fingerprint density at radius 1 is 1.43 bits per heavy atom. The van der Waals surface area contributed by atoms with Crippen molar-refractivity contribution in [3.8, 4) is 0 Å². The van der Waals surface area contributed by atoms with Crippen molar-refractivity contribution in [2.45, 2.75) is 19.4 Å². The number of carbonyl (C=O) groups is 3. The first-order valence-corrected chi connectivity index (χ1v) is 7.55. The minimum atomic E-state index is -1.08. The molecule has 1 rings (SSSR count). The second-order valence-electron chi connectivity index (χ2n) is 4.43. The molecular weight excluding hydrogens is 292 g/mol. The summed E-state index contributed by atoms with van der Waals surface area (Å²) < 4.78 is 0. The van der Waals surface area contributed by atoms with Gasteiger partial charge in [0.05, 0.1) is 5.75 Å². The lowest BCUT2D eigenvalue weighted by atomic mass is 10.2. The van der Waals surface area contributed by atoms with E-state index in [2.05, 4.69) is 10.6 Å². The number of carbonyl (C=O) groups excluding carboxylic acids is 2. The molecule has 0 saturated heterocycles. The third-order valence-corrected chi connectivity index (χ3v) is 3.64. The number of carboxylic acid groups (broad SMARTS) is 1. The van der Waals surface area contributed by atoms with Gasteiger partial charge in [0.15, 0.2) is 0 Å². The molecule has 21 heavy (non-hydrogen) atoms. The van der Waals surface area contributed by atoms with Crippen molar-refractivity contribution in [3.05, 3.63) is 29.8 Å². The van der Waals surface area contributed by atoms with Crippen molar-refractivity contribution in [2.75, 3.05) is 16.8 Å². The Hall–Kier alpha value is -2.02. The Kier molecular flexibility index (Phi) is 7.31. The molecule has 6 nitrogen and oxygen atoms in total. The van der Waals surface area contributed by atoms with Crippen molar-refractivity contribution in [2.24, 2.45) is 0 Å². The lowest BCUT2D eigenvalue weighted by molar-refractivity contribution is -0.140. The number of aliphatic carboxylic acids is 1. The van der Waals surface area contributed by atoms with Gasteiger partial charge < -0.3 is 15.7 Å². The zero-order chi connectivity index (χ0) is 15.7. The van der Waals surface area contributed by atoms with Gasteiger partial charge in [-0.15, -0.1) is 0 Å². The molecule has 1 aromatic rings. The number of hydrogen-bond acceptors (Lipinski definition) is 4. The number of amides is 2. The number of benzene rings is 1. The number of rotatable bonds is 9. The Morgan fingerprint density at radius 2 is 2.19 bits per heavy atom. The number of nitrogens with one attached hydrogen (secondary N) is 2. The summed E-state index contributed by atoms with van der Waals surface area (Å²) >= 11 is 1.33. The average molecular weight is 310 g/mol. The van der Waals surface area contributed by atoms with Gasteiger partial charge in [-0.3, -0.25) is 9.59 Å². The first-order valence-electron chi connectivity index (χ1n) is 6.39. The van der Waals surface area contributed by atoms with Gasteiger partial charge in [0.1, 0.15) is 6.04 Å². The molecule has 1 atom stereocenters. The molecule has 0 aliphatic heterocycles. The zero-order valence-electron chi connectivity index (χ0n) is 11.7. The van der Waals surface area contributed by atoms with Crippen LogP contribution in [0.2, 0.25) is 0 Å². The Morgan fingerprint density at radius 3 is 2.81 bits per heavy atom. The van der Waals surface area contributed by atoms with E-state index < -0.39 is 12.0 Å².